The van der Waals surface area contributed by atoms with E-state index in [4.69, 9.17) is 10.5 Å². The lowest BCUT2D eigenvalue weighted by Gasteiger charge is -2.25. The predicted octanol–water partition coefficient (Wildman–Crippen LogP) is 4.41. The number of para-hydroxylation sites is 1. The molecule has 3 aromatic carbocycles. The summed E-state index contributed by atoms with van der Waals surface area (Å²) in [5.41, 5.74) is 9.81. The van der Waals surface area contributed by atoms with E-state index >= 15 is 0 Å². The fourth-order valence-corrected chi connectivity index (χ4v) is 3.21. The Morgan fingerprint density at radius 3 is 2.59 bits per heavy atom. The van der Waals surface area contributed by atoms with Crippen molar-refractivity contribution >= 4 is 17.3 Å². The van der Waals surface area contributed by atoms with Gasteiger partial charge in [-0.1, -0.05) is 36.4 Å². The maximum atomic E-state index is 13.1. The third-order valence-electron chi connectivity index (χ3n) is 4.70. The van der Waals surface area contributed by atoms with E-state index in [1.165, 1.54) is 12.1 Å². The van der Waals surface area contributed by atoms with Crippen molar-refractivity contribution in [2.24, 2.45) is 0 Å². The Morgan fingerprint density at radius 1 is 1.04 bits per heavy atom. The number of halogens is 1. The van der Waals surface area contributed by atoms with Crippen molar-refractivity contribution in [1.82, 2.24) is 0 Å². The number of nitrogens with two attached hydrogens (primary N) is 1. The monoisotopic (exact) mass is 362 g/mol. The molecule has 5 heteroatoms. The van der Waals surface area contributed by atoms with Gasteiger partial charge in [-0.25, -0.2) is 4.39 Å². The van der Waals surface area contributed by atoms with Crippen LogP contribution in [0.5, 0.6) is 5.75 Å². The number of rotatable bonds is 3. The summed E-state index contributed by atoms with van der Waals surface area (Å²) >= 11 is 0. The summed E-state index contributed by atoms with van der Waals surface area (Å²) < 4.78 is 19.0. The molecule has 0 bridgehead atoms. The number of amides is 1. The standard InChI is InChI=1S/C22H19FN2O2/c23-17-9-5-14(6-10-17)16-7-11-18(24)19(13-16)25-22(26)21-12-8-15-3-1-2-4-20(15)27-21/h1-7,9-11,13,21H,8,12,24H2,(H,25,26). The van der Waals surface area contributed by atoms with E-state index in [2.05, 4.69) is 5.32 Å². The minimum Gasteiger partial charge on any atom is -0.480 e. The summed E-state index contributed by atoms with van der Waals surface area (Å²) in [6.45, 7) is 0. The molecule has 0 saturated heterocycles. The summed E-state index contributed by atoms with van der Waals surface area (Å²) in [4.78, 5) is 12.7. The van der Waals surface area contributed by atoms with Gasteiger partial charge < -0.3 is 15.8 Å². The van der Waals surface area contributed by atoms with Crippen molar-refractivity contribution < 1.29 is 13.9 Å². The van der Waals surface area contributed by atoms with Crippen LogP contribution in [0.15, 0.2) is 66.7 Å². The minimum absolute atomic E-state index is 0.229. The second kappa shape index (κ2) is 7.11. The molecule has 1 heterocycles. The Bertz CT molecular complexity index is 986. The van der Waals surface area contributed by atoms with Crippen LogP contribution >= 0.6 is 0 Å². The number of carbonyl (C=O) groups is 1. The molecular weight excluding hydrogens is 343 g/mol. The third-order valence-corrected chi connectivity index (χ3v) is 4.70. The van der Waals surface area contributed by atoms with Crippen LogP contribution in [0.1, 0.15) is 12.0 Å². The van der Waals surface area contributed by atoms with Gasteiger partial charge in [0.1, 0.15) is 11.6 Å². The van der Waals surface area contributed by atoms with E-state index in [-0.39, 0.29) is 11.7 Å². The number of anilines is 2. The molecule has 136 valence electrons. The zero-order valence-corrected chi connectivity index (χ0v) is 14.6. The van der Waals surface area contributed by atoms with Crippen LogP contribution in [0.2, 0.25) is 0 Å². The molecule has 27 heavy (non-hydrogen) atoms. The number of benzene rings is 3. The summed E-state index contributed by atoms with van der Waals surface area (Å²) in [5.74, 6) is 0.224. The molecule has 0 saturated carbocycles. The maximum Gasteiger partial charge on any atom is 0.265 e. The smallest absolute Gasteiger partial charge is 0.265 e. The number of aryl methyl sites for hydroxylation is 1. The Balaban J connectivity index is 1.53. The van der Waals surface area contributed by atoms with Crippen LogP contribution in [0, 0.1) is 5.82 Å². The van der Waals surface area contributed by atoms with Crippen molar-refractivity contribution in [3.8, 4) is 16.9 Å². The van der Waals surface area contributed by atoms with E-state index in [0.29, 0.717) is 17.8 Å². The van der Waals surface area contributed by atoms with Crippen molar-refractivity contribution in [2.75, 3.05) is 11.1 Å². The van der Waals surface area contributed by atoms with Gasteiger partial charge in [0.25, 0.3) is 5.91 Å². The summed E-state index contributed by atoms with van der Waals surface area (Å²) in [7, 11) is 0. The number of nitrogens with one attached hydrogen (secondary N) is 1. The number of ether oxygens (including phenoxy) is 1. The maximum absolute atomic E-state index is 13.1. The molecule has 3 N–H and O–H groups in total. The van der Waals surface area contributed by atoms with Crippen LogP contribution < -0.4 is 15.8 Å². The van der Waals surface area contributed by atoms with Crippen molar-refractivity contribution in [3.05, 3.63) is 78.1 Å². The average molecular weight is 362 g/mol. The largest absolute Gasteiger partial charge is 0.480 e. The van der Waals surface area contributed by atoms with Gasteiger partial charge >= 0.3 is 0 Å². The molecule has 4 rings (SSSR count). The first-order valence-electron chi connectivity index (χ1n) is 8.81. The number of carbonyl (C=O) groups excluding carboxylic acids is 1. The highest BCUT2D eigenvalue weighted by atomic mass is 19.1. The van der Waals surface area contributed by atoms with Gasteiger partial charge in [-0.2, -0.15) is 0 Å². The Hall–Kier alpha value is -3.34. The van der Waals surface area contributed by atoms with Gasteiger partial charge in [0.05, 0.1) is 11.4 Å². The van der Waals surface area contributed by atoms with E-state index in [1.807, 2.05) is 30.3 Å². The molecule has 0 spiro atoms. The molecule has 0 aliphatic carbocycles. The fraction of sp³-hybridized carbons (Fsp3) is 0.136. The third kappa shape index (κ3) is 3.62. The first-order chi connectivity index (χ1) is 13.1. The van der Waals surface area contributed by atoms with Crippen LogP contribution in [0.3, 0.4) is 0 Å². The second-order valence-electron chi connectivity index (χ2n) is 6.55. The Kier molecular flexibility index (Phi) is 4.50. The zero-order valence-electron chi connectivity index (χ0n) is 14.6. The first-order valence-corrected chi connectivity index (χ1v) is 8.81. The lowest BCUT2D eigenvalue weighted by Crippen LogP contribution is -2.36. The summed E-state index contributed by atoms with van der Waals surface area (Å²) in [6.07, 6.45) is 0.841. The van der Waals surface area contributed by atoms with E-state index < -0.39 is 6.10 Å². The van der Waals surface area contributed by atoms with E-state index in [0.717, 1.165) is 28.9 Å². The molecular formula is C22H19FN2O2. The average Bonchev–Trinajstić information content (AvgIpc) is 2.70. The van der Waals surface area contributed by atoms with Gasteiger partial charge in [-0.05, 0) is 59.9 Å². The molecule has 1 aliphatic rings. The van der Waals surface area contributed by atoms with Gasteiger partial charge in [-0.3, -0.25) is 4.79 Å². The summed E-state index contributed by atoms with van der Waals surface area (Å²) in [5, 5.41) is 2.87. The minimum atomic E-state index is -0.561. The highest BCUT2D eigenvalue weighted by molar-refractivity contribution is 5.98. The van der Waals surface area contributed by atoms with E-state index in [9.17, 15) is 9.18 Å². The van der Waals surface area contributed by atoms with Crippen molar-refractivity contribution in [1.29, 1.82) is 0 Å². The van der Waals surface area contributed by atoms with Crippen molar-refractivity contribution in [3.63, 3.8) is 0 Å². The highest BCUT2D eigenvalue weighted by Gasteiger charge is 2.26. The number of fused-ring (bicyclic) bond motifs is 1. The number of hydrogen-bond acceptors (Lipinski definition) is 3. The quantitative estimate of drug-likeness (QED) is 0.679. The summed E-state index contributed by atoms with van der Waals surface area (Å²) in [6, 6.07) is 19.3. The molecule has 0 fully saturated rings. The van der Waals surface area contributed by atoms with Gasteiger partial charge in [0, 0.05) is 0 Å². The lowest BCUT2D eigenvalue weighted by molar-refractivity contribution is -0.123. The molecule has 1 aliphatic heterocycles. The van der Waals surface area contributed by atoms with Crippen LogP contribution in [0.25, 0.3) is 11.1 Å². The first kappa shape index (κ1) is 17.1. The molecule has 1 atom stereocenters. The van der Waals surface area contributed by atoms with Gasteiger partial charge in [-0.15, -0.1) is 0 Å². The van der Waals surface area contributed by atoms with Crippen molar-refractivity contribution in [2.45, 2.75) is 18.9 Å². The predicted molar refractivity (Wildman–Crippen MR) is 104 cm³/mol. The molecule has 0 radical (unpaired) electrons. The molecule has 3 aromatic rings. The van der Waals surface area contributed by atoms with Crippen LogP contribution in [-0.2, 0) is 11.2 Å². The Labute approximate surface area is 156 Å². The number of hydrogen-bond donors (Lipinski definition) is 2. The normalized spacial score (nSPS) is 15.5. The topological polar surface area (TPSA) is 64.3 Å². The molecule has 0 aromatic heterocycles. The van der Waals surface area contributed by atoms with E-state index in [1.54, 1.807) is 24.3 Å². The highest BCUT2D eigenvalue weighted by Crippen LogP contribution is 2.30. The fourth-order valence-electron chi connectivity index (χ4n) is 3.21. The molecule has 4 nitrogen and oxygen atoms in total. The Morgan fingerprint density at radius 2 is 1.78 bits per heavy atom. The van der Waals surface area contributed by atoms with Crippen LogP contribution in [0.4, 0.5) is 15.8 Å². The lowest BCUT2D eigenvalue weighted by atomic mass is 10.0. The van der Waals surface area contributed by atoms with Gasteiger partial charge in [0.15, 0.2) is 6.10 Å². The molecule has 1 unspecified atom stereocenters. The zero-order chi connectivity index (χ0) is 18.8. The van der Waals surface area contributed by atoms with Crippen LogP contribution in [-0.4, -0.2) is 12.0 Å². The number of nitrogen functional groups attached to an aromatic ring is 1. The van der Waals surface area contributed by atoms with Gasteiger partial charge in [0.2, 0.25) is 0 Å². The molecule has 1 amide bonds. The second-order valence-corrected chi connectivity index (χ2v) is 6.55. The SMILES string of the molecule is Nc1ccc(-c2ccc(F)cc2)cc1NC(=O)C1CCc2ccccc2O1.